The Morgan fingerprint density at radius 2 is 0.981 bits per heavy atom. The predicted octanol–water partition coefficient (Wildman–Crippen LogP) is 14.0. The molecule has 0 saturated carbocycles. The van der Waals surface area contributed by atoms with Gasteiger partial charge in [-0.2, -0.15) is 0 Å². The highest BCUT2D eigenvalue weighted by Crippen LogP contribution is 2.42. The van der Waals surface area contributed by atoms with Gasteiger partial charge in [-0.3, -0.25) is 0 Å². The molecule has 11 rings (SSSR count). The first-order valence-electron chi connectivity index (χ1n) is 18.0. The van der Waals surface area contributed by atoms with Gasteiger partial charge in [-0.25, -0.2) is 9.97 Å². The van der Waals surface area contributed by atoms with Crippen molar-refractivity contribution in [3.05, 3.63) is 182 Å². The average Bonchev–Trinajstić information content (AvgIpc) is 3.96. The number of aromatic nitrogens is 3. The molecule has 0 saturated heterocycles. The summed E-state index contributed by atoms with van der Waals surface area (Å²) in [6.45, 7) is 0. The summed E-state index contributed by atoms with van der Waals surface area (Å²) in [6.07, 6.45) is 0. The van der Waals surface area contributed by atoms with E-state index in [-0.39, 0.29) is 0 Å². The number of hydrogen-bond donors (Lipinski definition) is 0. The lowest BCUT2D eigenvalue weighted by Gasteiger charge is -2.27. The summed E-state index contributed by atoms with van der Waals surface area (Å²) in [5.74, 6) is 0. The van der Waals surface area contributed by atoms with E-state index >= 15 is 0 Å². The van der Waals surface area contributed by atoms with Crippen LogP contribution >= 0.6 is 22.7 Å². The van der Waals surface area contributed by atoms with Crippen LogP contribution in [-0.4, -0.2) is 14.5 Å². The van der Waals surface area contributed by atoms with E-state index in [4.69, 9.17) is 9.97 Å². The maximum Gasteiger partial charge on any atom is 0.124 e. The molecule has 0 bridgehead atoms. The highest BCUT2D eigenvalue weighted by molar-refractivity contribution is 7.22. The second kappa shape index (κ2) is 12.5. The third-order valence-electron chi connectivity index (χ3n) is 10.3. The highest BCUT2D eigenvalue weighted by atomic mass is 32.1. The molecule has 3 aromatic heterocycles. The van der Waals surface area contributed by atoms with Crippen LogP contribution in [0.1, 0.15) is 0 Å². The molecule has 254 valence electrons. The minimum Gasteiger partial charge on any atom is -0.310 e. The van der Waals surface area contributed by atoms with Crippen LogP contribution in [0.15, 0.2) is 182 Å². The van der Waals surface area contributed by atoms with Gasteiger partial charge in [-0.05, 0) is 109 Å². The van der Waals surface area contributed by atoms with Crippen LogP contribution in [0.5, 0.6) is 0 Å². The van der Waals surface area contributed by atoms with Gasteiger partial charge in [-0.15, -0.1) is 22.7 Å². The SMILES string of the molecule is c1ccc2c(N(c3ccc(-c4nc5ccccc5s4)cc3)c3ccc(-n4c5ccccc5c5cc(-c6nc7ccccc7s6)ccc54)cc3)cccc2c1. The minimum atomic E-state index is 1.03. The van der Waals surface area contributed by atoms with Gasteiger partial charge in [0.05, 0.1) is 37.2 Å². The van der Waals surface area contributed by atoms with Crippen LogP contribution in [0.2, 0.25) is 0 Å². The molecule has 0 spiro atoms. The lowest BCUT2D eigenvalue weighted by molar-refractivity contribution is 1.17. The zero-order chi connectivity index (χ0) is 35.6. The molecule has 0 amide bonds. The third-order valence-corrected chi connectivity index (χ3v) is 12.4. The van der Waals surface area contributed by atoms with Gasteiger partial charge in [0, 0.05) is 44.3 Å². The van der Waals surface area contributed by atoms with Crippen molar-refractivity contribution in [3.63, 3.8) is 0 Å². The van der Waals surface area contributed by atoms with E-state index < -0.39 is 0 Å². The quantitative estimate of drug-likeness (QED) is 0.171. The molecular weight excluding hydrogens is 697 g/mol. The molecule has 0 fully saturated rings. The molecule has 8 aromatic carbocycles. The summed E-state index contributed by atoms with van der Waals surface area (Å²) in [5.41, 5.74) is 11.1. The van der Waals surface area contributed by atoms with Crippen molar-refractivity contribution in [2.45, 2.75) is 0 Å². The van der Waals surface area contributed by atoms with Crippen molar-refractivity contribution in [2.75, 3.05) is 4.90 Å². The van der Waals surface area contributed by atoms with Crippen molar-refractivity contribution >= 4 is 92.7 Å². The molecule has 54 heavy (non-hydrogen) atoms. The lowest BCUT2D eigenvalue weighted by Crippen LogP contribution is -2.10. The Hall–Kier alpha value is -6.60. The molecule has 0 aliphatic carbocycles. The standard InChI is InChI=1S/C48H30N4S2/c1-2-12-37-31(10-1)11-9-17-42(37)51(34-23-20-32(21-24-34)47-49-40-14-4-7-18-45(40)53-47)35-25-27-36(28-26-35)52-43-16-6-3-13-38(43)39-30-33(22-29-44(39)52)48-50-41-15-5-8-19-46(41)54-48/h1-30H. The van der Waals surface area contributed by atoms with E-state index in [0.717, 1.165) is 54.9 Å². The Kier molecular flexibility index (Phi) is 7.18. The van der Waals surface area contributed by atoms with E-state index in [0.29, 0.717) is 0 Å². The molecule has 4 nitrogen and oxygen atoms in total. The molecule has 0 radical (unpaired) electrons. The first-order chi connectivity index (χ1) is 26.7. The number of para-hydroxylation sites is 3. The van der Waals surface area contributed by atoms with Gasteiger partial charge < -0.3 is 9.47 Å². The minimum absolute atomic E-state index is 1.03. The van der Waals surface area contributed by atoms with E-state index in [1.807, 2.05) is 6.07 Å². The lowest BCUT2D eigenvalue weighted by atomic mass is 10.1. The van der Waals surface area contributed by atoms with E-state index in [1.165, 1.54) is 42.0 Å². The monoisotopic (exact) mass is 726 g/mol. The zero-order valence-electron chi connectivity index (χ0n) is 28.9. The number of benzene rings is 8. The Labute approximate surface area is 319 Å². The van der Waals surface area contributed by atoms with E-state index in [9.17, 15) is 0 Å². The molecule has 0 atom stereocenters. The maximum atomic E-state index is 4.96. The Bertz CT molecular complexity index is 3100. The van der Waals surface area contributed by atoms with Crippen molar-refractivity contribution < 1.29 is 0 Å². The molecule has 6 heteroatoms. The highest BCUT2D eigenvalue weighted by Gasteiger charge is 2.18. The molecule has 3 heterocycles. The van der Waals surface area contributed by atoms with Gasteiger partial charge in [0.1, 0.15) is 10.0 Å². The normalized spacial score (nSPS) is 11.7. The molecule has 11 aromatic rings. The van der Waals surface area contributed by atoms with Gasteiger partial charge in [0.2, 0.25) is 0 Å². The Balaban J connectivity index is 1.02. The summed E-state index contributed by atoms with van der Waals surface area (Å²) < 4.78 is 4.79. The molecule has 0 N–H and O–H groups in total. The fourth-order valence-corrected chi connectivity index (χ4v) is 9.64. The number of nitrogens with zero attached hydrogens (tertiary/aromatic N) is 4. The summed E-state index contributed by atoms with van der Waals surface area (Å²) in [7, 11) is 0. The van der Waals surface area contributed by atoms with Gasteiger partial charge in [-0.1, -0.05) is 78.9 Å². The fraction of sp³-hybridized carbons (Fsp3) is 0. The topological polar surface area (TPSA) is 34.0 Å². The van der Waals surface area contributed by atoms with Crippen molar-refractivity contribution in [1.82, 2.24) is 14.5 Å². The zero-order valence-corrected chi connectivity index (χ0v) is 30.6. The number of thiazole rings is 2. The van der Waals surface area contributed by atoms with Crippen LogP contribution in [0, 0.1) is 0 Å². The summed E-state index contributed by atoms with van der Waals surface area (Å²) >= 11 is 3.48. The first-order valence-corrected chi connectivity index (χ1v) is 19.6. The molecular formula is C48H30N4S2. The molecule has 0 aliphatic rings. The van der Waals surface area contributed by atoms with Crippen molar-refractivity contribution in [3.8, 4) is 26.8 Å². The summed E-state index contributed by atoms with van der Waals surface area (Å²) in [6, 6.07) is 65.1. The largest absolute Gasteiger partial charge is 0.310 e. The second-order valence-electron chi connectivity index (χ2n) is 13.5. The molecule has 0 aliphatic heterocycles. The van der Waals surface area contributed by atoms with Gasteiger partial charge in [0.15, 0.2) is 0 Å². The van der Waals surface area contributed by atoms with Gasteiger partial charge >= 0.3 is 0 Å². The number of hydrogen-bond acceptors (Lipinski definition) is 5. The number of anilines is 3. The van der Waals surface area contributed by atoms with E-state index in [2.05, 4.69) is 185 Å². The Morgan fingerprint density at radius 3 is 1.70 bits per heavy atom. The van der Waals surface area contributed by atoms with Crippen molar-refractivity contribution in [1.29, 1.82) is 0 Å². The van der Waals surface area contributed by atoms with Crippen LogP contribution < -0.4 is 4.90 Å². The molecule has 0 unspecified atom stereocenters. The van der Waals surface area contributed by atoms with Crippen LogP contribution in [0.25, 0.3) is 79.8 Å². The predicted molar refractivity (Wildman–Crippen MR) is 230 cm³/mol. The van der Waals surface area contributed by atoms with Gasteiger partial charge in [0.25, 0.3) is 0 Å². The van der Waals surface area contributed by atoms with E-state index in [1.54, 1.807) is 22.7 Å². The van der Waals surface area contributed by atoms with Crippen LogP contribution in [0.3, 0.4) is 0 Å². The van der Waals surface area contributed by atoms with Crippen molar-refractivity contribution in [2.24, 2.45) is 0 Å². The smallest absolute Gasteiger partial charge is 0.124 e. The fourth-order valence-electron chi connectivity index (χ4n) is 7.71. The number of rotatable bonds is 6. The number of fused-ring (bicyclic) bond motifs is 6. The van der Waals surface area contributed by atoms with Crippen LogP contribution in [0.4, 0.5) is 17.1 Å². The van der Waals surface area contributed by atoms with Crippen LogP contribution in [-0.2, 0) is 0 Å². The summed E-state index contributed by atoms with van der Waals surface area (Å²) in [5, 5.41) is 6.93. The first kappa shape index (κ1) is 31.0. The second-order valence-corrected chi connectivity index (χ2v) is 15.5. The maximum absolute atomic E-state index is 4.96. The summed E-state index contributed by atoms with van der Waals surface area (Å²) in [4.78, 5) is 12.2. The average molecular weight is 727 g/mol. The third kappa shape index (κ3) is 5.11. The Morgan fingerprint density at radius 1 is 0.426 bits per heavy atom.